The fourth-order valence-corrected chi connectivity index (χ4v) is 4.72. The molecule has 10 heteroatoms. The van der Waals surface area contributed by atoms with Crippen LogP contribution in [0.3, 0.4) is 0 Å². The Morgan fingerprint density at radius 2 is 1.91 bits per heavy atom. The largest absolute Gasteiger partial charge is 0.350 e. The molecule has 1 saturated carbocycles. The van der Waals surface area contributed by atoms with Crippen molar-refractivity contribution in [3.63, 3.8) is 0 Å². The molecule has 0 radical (unpaired) electrons. The molecule has 1 aliphatic rings. The topological polar surface area (TPSA) is 76.2 Å². The normalized spacial score (nSPS) is 19.2. The summed E-state index contributed by atoms with van der Waals surface area (Å²) in [6.07, 6.45) is 5.69. The molecule has 1 N–H and O–H groups in total. The third kappa shape index (κ3) is 4.27. The van der Waals surface area contributed by atoms with Crippen LogP contribution in [0.1, 0.15) is 31.5 Å². The highest BCUT2D eigenvalue weighted by Crippen LogP contribution is 2.27. The summed E-state index contributed by atoms with van der Waals surface area (Å²) in [4.78, 5) is 15.9. The molecule has 0 saturated heterocycles. The van der Waals surface area contributed by atoms with E-state index in [2.05, 4.69) is 44.4 Å². The molecule has 1 aliphatic carbocycles. The minimum absolute atomic E-state index is 0.371. The van der Waals surface area contributed by atoms with Crippen molar-refractivity contribution in [1.82, 2.24) is 34.0 Å². The predicted octanol–water partition coefficient (Wildman–Crippen LogP) is 4.00. The zero-order valence-corrected chi connectivity index (χ0v) is 19.0. The van der Waals surface area contributed by atoms with Gasteiger partial charge < -0.3 is 14.8 Å². The molecule has 4 heterocycles. The van der Waals surface area contributed by atoms with E-state index in [4.69, 9.17) is 0 Å². The van der Waals surface area contributed by atoms with Crippen molar-refractivity contribution >= 4 is 22.6 Å². The Kier molecular flexibility index (Phi) is 5.69. The van der Waals surface area contributed by atoms with Gasteiger partial charge >= 0.3 is 0 Å². The second-order valence-corrected chi connectivity index (χ2v) is 8.95. The lowest BCUT2D eigenvalue weighted by molar-refractivity contribution is 0.127. The smallest absolute Gasteiger partial charge is 0.256 e. The Balaban J connectivity index is 1.39. The Labute approximate surface area is 190 Å². The first-order chi connectivity index (χ1) is 15.9. The standard InChI is InChI=1S/C23H28F2N8/c1-14-27-19-9-8-18(29-22(19)32(14)13-21(24)25)17-10-11-33-20(17)12-26-23(30-33)28-15-4-6-16(7-5-15)31(2)3/h8-12,15-16,21H,4-7,13H2,1-3H3,(H,28,30)/t15-,16+. The van der Waals surface area contributed by atoms with E-state index in [0.29, 0.717) is 40.7 Å². The number of hydrogen-bond donors (Lipinski definition) is 1. The molecule has 4 aromatic rings. The Bertz CT molecular complexity index is 1270. The third-order valence-electron chi connectivity index (χ3n) is 6.56. The van der Waals surface area contributed by atoms with E-state index < -0.39 is 13.0 Å². The number of aromatic nitrogens is 6. The molecule has 4 aromatic heterocycles. The van der Waals surface area contributed by atoms with Crippen LogP contribution in [0.2, 0.25) is 0 Å². The van der Waals surface area contributed by atoms with Gasteiger partial charge in [-0.15, -0.1) is 5.10 Å². The molecule has 0 bridgehead atoms. The molecule has 0 spiro atoms. The molecular weight excluding hydrogens is 426 g/mol. The van der Waals surface area contributed by atoms with Gasteiger partial charge in [0.25, 0.3) is 6.43 Å². The molecule has 8 nitrogen and oxygen atoms in total. The van der Waals surface area contributed by atoms with Gasteiger partial charge in [0, 0.05) is 23.8 Å². The summed E-state index contributed by atoms with van der Waals surface area (Å²) in [6.45, 7) is 1.29. The Morgan fingerprint density at radius 1 is 1.12 bits per heavy atom. The summed E-state index contributed by atoms with van der Waals surface area (Å²) in [5.74, 6) is 1.13. The summed E-state index contributed by atoms with van der Waals surface area (Å²) < 4.78 is 29.3. The molecule has 0 aliphatic heterocycles. The van der Waals surface area contributed by atoms with Crippen LogP contribution in [0.4, 0.5) is 14.7 Å². The number of fused-ring (bicyclic) bond motifs is 2. The quantitative estimate of drug-likeness (QED) is 0.475. The fraction of sp³-hybridized carbons (Fsp3) is 0.478. The maximum Gasteiger partial charge on any atom is 0.256 e. The zero-order chi connectivity index (χ0) is 23.1. The lowest BCUT2D eigenvalue weighted by atomic mass is 9.91. The zero-order valence-electron chi connectivity index (χ0n) is 19.0. The van der Waals surface area contributed by atoms with E-state index in [9.17, 15) is 8.78 Å². The fourth-order valence-electron chi connectivity index (χ4n) is 4.72. The summed E-state index contributed by atoms with van der Waals surface area (Å²) >= 11 is 0. The van der Waals surface area contributed by atoms with Crippen molar-refractivity contribution in [1.29, 1.82) is 0 Å². The summed E-state index contributed by atoms with van der Waals surface area (Å²) in [7, 11) is 4.28. The van der Waals surface area contributed by atoms with Gasteiger partial charge in [-0.05, 0) is 64.9 Å². The molecule has 33 heavy (non-hydrogen) atoms. The number of rotatable bonds is 6. The van der Waals surface area contributed by atoms with Crippen molar-refractivity contribution in [3.05, 3.63) is 36.4 Å². The highest BCUT2D eigenvalue weighted by molar-refractivity contribution is 5.82. The first-order valence-corrected chi connectivity index (χ1v) is 11.3. The van der Waals surface area contributed by atoms with E-state index in [1.807, 2.05) is 24.4 Å². The average Bonchev–Trinajstić information content (AvgIpc) is 3.34. The maximum atomic E-state index is 13.0. The number of alkyl halides is 2. The van der Waals surface area contributed by atoms with Gasteiger partial charge in [0.05, 0.1) is 24.0 Å². The van der Waals surface area contributed by atoms with Crippen molar-refractivity contribution < 1.29 is 8.78 Å². The monoisotopic (exact) mass is 454 g/mol. The lowest BCUT2D eigenvalue weighted by Crippen LogP contribution is -2.36. The van der Waals surface area contributed by atoms with Crippen LogP contribution in [-0.4, -0.2) is 66.6 Å². The van der Waals surface area contributed by atoms with Gasteiger partial charge in [-0.1, -0.05) is 0 Å². The van der Waals surface area contributed by atoms with E-state index >= 15 is 0 Å². The predicted molar refractivity (Wildman–Crippen MR) is 124 cm³/mol. The number of aryl methyl sites for hydroxylation is 1. The van der Waals surface area contributed by atoms with Crippen molar-refractivity contribution in [2.24, 2.45) is 0 Å². The summed E-state index contributed by atoms with van der Waals surface area (Å²) in [5.41, 5.74) is 3.38. The van der Waals surface area contributed by atoms with Crippen LogP contribution in [0.15, 0.2) is 30.6 Å². The maximum absolute atomic E-state index is 13.0. The minimum Gasteiger partial charge on any atom is -0.350 e. The molecule has 1 fully saturated rings. The number of pyridine rings is 1. The minimum atomic E-state index is -2.47. The highest BCUT2D eigenvalue weighted by atomic mass is 19.3. The number of halogens is 2. The molecule has 0 atom stereocenters. The van der Waals surface area contributed by atoms with Crippen LogP contribution in [0.25, 0.3) is 27.9 Å². The van der Waals surface area contributed by atoms with E-state index in [1.54, 1.807) is 17.6 Å². The van der Waals surface area contributed by atoms with Gasteiger partial charge in [0.1, 0.15) is 11.3 Å². The molecule has 174 valence electrons. The van der Waals surface area contributed by atoms with Crippen molar-refractivity contribution in [2.75, 3.05) is 19.4 Å². The van der Waals surface area contributed by atoms with Gasteiger partial charge in [-0.2, -0.15) is 0 Å². The molecular formula is C23H28F2N8. The Hall–Kier alpha value is -3.14. The molecule has 5 rings (SSSR count). The number of imidazole rings is 1. The number of nitrogens with one attached hydrogen (secondary N) is 1. The highest BCUT2D eigenvalue weighted by Gasteiger charge is 2.23. The van der Waals surface area contributed by atoms with Gasteiger partial charge in [0.2, 0.25) is 5.95 Å². The van der Waals surface area contributed by atoms with E-state index in [-0.39, 0.29) is 0 Å². The van der Waals surface area contributed by atoms with Gasteiger partial charge in [-0.25, -0.2) is 28.2 Å². The summed E-state index contributed by atoms with van der Waals surface area (Å²) in [5, 5.41) is 8.11. The van der Waals surface area contributed by atoms with Gasteiger partial charge in [0.15, 0.2) is 5.65 Å². The second kappa shape index (κ2) is 8.66. The number of anilines is 1. The first kappa shape index (κ1) is 21.7. The van der Waals surface area contributed by atoms with Crippen molar-refractivity contribution in [3.8, 4) is 11.3 Å². The summed E-state index contributed by atoms with van der Waals surface area (Å²) in [6, 6.07) is 6.61. The van der Waals surface area contributed by atoms with Crippen LogP contribution in [-0.2, 0) is 6.54 Å². The molecule has 0 aromatic carbocycles. The van der Waals surface area contributed by atoms with Crippen LogP contribution in [0, 0.1) is 6.92 Å². The first-order valence-electron chi connectivity index (χ1n) is 11.3. The lowest BCUT2D eigenvalue weighted by Gasteiger charge is -2.32. The molecule has 0 amide bonds. The molecule has 0 unspecified atom stereocenters. The average molecular weight is 455 g/mol. The number of hydrogen-bond acceptors (Lipinski definition) is 6. The van der Waals surface area contributed by atoms with Crippen LogP contribution >= 0.6 is 0 Å². The van der Waals surface area contributed by atoms with Crippen LogP contribution in [0.5, 0.6) is 0 Å². The SMILES string of the molecule is Cc1nc2ccc(-c3ccn4nc(N[C@H]5CC[C@@H](N(C)C)CC5)ncc34)nc2n1CC(F)F. The van der Waals surface area contributed by atoms with Crippen molar-refractivity contribution in [2.45, 2.75) is 57.7 Å². The van der Waals surface area contributed by atoms with Gasteiger partial charge in [-0.3, -0.25) is 0 Å². The third-order valence-corrected chi connectivity index (χ3v) is 6.56. The van der Waals surface area contributed by atoms with E-state index in [0.717, 1.165) is 36.8 Å². The van der Waals surface area contributed by atoms with E-state index in [1.165, 1.54) is 4.57 Å². The second-order valence-electron chi connectivity index (χ2n) is 8.95. The Morgan fingerprint density at radius 3 is 2.64 bits per heavy atom. The van der Waals surface area contributed by atoms with Crippen LogP contribution < -0.4 is 5.32 Å². The number of nitrogens with zero attached hydrogens (tertiary/aromatic N) is 7.